The van der Waals surface area contributed by atoms with Crippen LogP contribution >= 0.6 is 0 Å². The molecule has 15 nitrogen and oxygen atoms in total. The van der Waals surface area contributed by atoms with Gasteiger partial charge < -0.3 is 53.8 Å². The molecule has 5 aliphatic heterocycles. The number of nitrogens with two attached hydrogens (primary N) is 1. The summed E-state index contributed by atoms with van der Waals surface area (Å²) in [5.74, 6) is 6.97. The Balaban J connectivity index is 0.000000276. The van der Waals surface area contributed by atoms with E-state index in [1.165, 1.54) is 19.2 Å². The van der Waals surface area contributed by atoms with Gasteiger partial charge in [0.15, 0.2) is 5.82 Å². The highest BCUT2D eigenvalue weighted by Crippen LogP contribution is 2.32. The third-order valence-electron chi connectivity index (χ3n) is 13.9. The number of likely N-dealkylation sites (N-methyl/N-ethyl adjacent to an activating group) is 1. The maximum Gasteiger partial charge on any atom is 0.251 e. The van der Waals surface area contributed by atoms with Crippen molar-refractivity contribution in [2.75, 3.05) is 67.5 Å². The second kappa shape index (κ2) is 30.9. The van der Waals surface area contributed by atoms with Gasteiger partial charge >= 0.3 is 0 Å². The number of nitrogens with zero attached hydrogens (tertiary/aromatic N) is 3. The van der Waals surface area contributed by atoms with Crippen molar-refractivity contribution < 1.29 is 52.7 Å². The molecule has 5 fully saturated rings. The normalized spacial score (nSPS) is 30.8. The molecule has 5 aliphatic rings. The average Bonchev–Trinajstić information content (AvgIpc) is 3.85. The molecule has 0 aromatic carbocycles. The van der Waals surface area contributed by atoms with E-state index in [-0.39, 0.29) is 61.7 Å². The van der Waals surface area contributed by atoms with E-state index in [1.807, 2.05) is 0 Å². The number of hydrogen-bond acceptors (Lipinski definition) is 13. The lowest BCUT2D eigenvalue weighted by molar-refractivity contribution is -0.146. The molecule has 0 saturated carbocycles. The van der Waals surface area contributed by atoms with Crippen LogP contribution in [0.25, 0.3) is 0 Å². The number of methoxy groups -OCH3 is 1. The number of aliphatic hydroxyl groups excluding tert-OH is 2. The van der Waals surface area contributed by atoms with Crippen LogP contribution in [0, 0.1) is 59.2 Å². The molecule has 6 rings (SSSR count). The van der Waals surface area contributed by atoms with E-state index in [1.54, 1.807) is 26.1 Å². The molecule has 11 atom stereocenters. The first-order valence-corrected chi connectivity index (χ1v) is 24.4. The Hall–Kier alpha value is -2.24. The SMILES string of the molecule is CC(C)C1CCC(C(=O)N(C)C)OC1.CC(C)C1CCC(C(N)=O)OC1.CC(C)C1CCC(CO)OC1.CC(C)C1CCC(c2ncon2)OC1.COC1CC(C(C)C)COC1CO. The van der Waals surface area contributed by atoms with Crippen LogP contribution in [0.5, 0.6) is 0 Å². The number of carbonyl (C=O) groups excluding carboxylic acids is 2. The zero-order valence-corrected chi connectivity index (χ0v) is 42.1. The third kappa shape index (κ3) is 20.7. The van der Waals surface area contributed by atoms with Crippen LogP contribution in [-0.4, -0.2) is 135 Å². The summed E-state index contributed by atoms with van der Waals surface area (Å²) in [5.41, 5.74) is 5.12. The van der Waals surface area contributed by atoms with Crippen molar-refractivity contribution in [1.29, 1.82) is 0 Å². The van der Waals surface area contributed by atoms with Gasteiger partial charge in [-0.25, -0.2) is 0 Å². The maximum atomic E-state index is 11.6. The predicted octanol–water partition coefficient (Wildman–Crippen LogP) is 7.13. The summed E-state index contributed by atoms with van der Waals surface area (Å²) in [7, 11) is 5.24. The fourth-order valence-electron chi connectivity index (χ4n) is 8.38. The minimum atomic E-state index is -0.333. The molecule has 11 unspecified atom stereocenters. The van der Waals surface area contributed by atoms with E-state index in [0.29, 0.717) is 65.7 Å². The first-order valence-electron chi connectivity index (χ1n) is 24.4. The van der Waals surface area contributed by atoms with Gasteiger partial charge in [-0.2, -0.15) is 4.98 Å². The van der Waals surface area contributed by atoms with E-state index in [9.17, 15) is 9.59 Å². The van der Waals surface area contributed by atoms with Crippen molar-refractivity contribution >= 4 is 11.8 Å². The summed E-state index contributed by atoms with van der Waals surface area (Å²) in [6.45, 7) is 26.2. The number of amides is 2. The summed E-state index contributed by atoms with van der Waals surface area (Å²) >= 11 is 0. The highest BCUT2D eigenvalue weighted by Gasteiger charge is 2.33. The molecule has 0 spiro atoms. The second-order valence-corrected chi connectivity index (χ2v) is 20.4. The number of aromatic nitrogens is 2. The maximum absolute atomic E-state index is 11.6. The highest BCUT2D eigenvalue weighted by atomic mass is 16.5. The van der Waals surface area contributed by atoms with Crippen LogP contribution < -0.4 is 5.73 Å². The summed E-state index contributed by atoms with van der Waals surface area (Å²) in [5, 5.41) is 21.6. The van der Waals surface area contributed by atoms with Gasteiger partial charge in [-0.3, -0.25) is 9.59 Å². The highest BCUT2D eigenvalue weighted by molar-refractivity contribution is 5.80. The van der Waals surface area contributed by atoms with Crippen LogP contribution in [-0.2, 0) is 38.0 Å². The predicted molar refractivity (Wildman–Crippen MR) is 248 cm³/mol. The molecular weight excluding hydrogens is 821 g/mol. The number of hydrogen-bond donors (Lipinski definition) is 3. The molecule has 15 heteroatoms. The fourth-order valence-corrected chi connectivity index (χ4v) is 8.38. The van der Waals surface area contributed by atoms with Gasteiger partial charge in [-0.1, -0.05) is 74.4 Å². The van der Waals surface area contributed by atoms with Crippen LogP contribution in [0.1, 0.15) is 139 Å². The summed E-state index contributed by atoms with van der Waals surface area (Å²) in [4.78, 5) is 27.9. The van der Waals surface area contributed by atoms with Gasteiger partial charge in [0.25, 0.3) is 5.91 Å². The largest absolute Gasteiger partial charge is 0.394 e. The minimum absolute atomic E-state index is 0.0451. The number of rotatable bonds is 11. The van der Waals surface area contributed by atoms with Gasteiger partial charge in [0.2, 0.25) is 12.3 Å². The zero-order valence-electron chi connectivity index (χ0n) is 42.1. The second-order valence-electron chi connectivity index (χ2n) is 20.4. The molecule has 1 aromatic heterocycles. The lowest BCUT2D eigenvalue weighted by Crippen LogP contribution is -2.43. The molecule has 64 heavy (non-hydrogen) atoms. The Morgan fingerprint density at radius 3 is 1.47 bits per heavy atom. The minimum Gasteiger partial charge on any atom is -0.394 e. The molecule has 0 bridgehead atoms. The van der Waals surface area contributed by atoms with E-state index in [0.717, 1.165) is 77.3 Å². The number of carbonyl (C=O) groups is 2. The molecule has 6 heterocycles. The van der Waals surface area contributed by atoms with Crippen molar-refractivity contribution in [2.45, 2.75) is 164 Å². The van der Waals surface area contributed by atoms with Crippen molar-refractivity contribution in [3.63, 3.8) is 0 Å². The Morgan fingerprint density at radius 2 is 1.12 bits per heavy atom. The standard InChI is InChI=1S/C11H21NO2.C10H16N2O2.C10H20O3.C9H17NO2.C9H18O2/c1-8(2)9-5-6-10(14-7-9)11(13)12(3)4;1-7(2)8-3-4-9(13-5-8)10-11-6-14-12-10;1-7(2)8-4-9(12-3)10(5-11)13-6-8;1-6(2)7-3-4-8(9(10)11)12-5-7;1-7(2)8-3-4-9(5-10)11-6-8/h8-10H,5-7H2,1-4H3;6-9H,3-5H2,1-2H3;7-11H,4-6H2,1-3H3;6-8H,3-5H2,1-2H3,(H2,10,11);7-10H,3-6H2,1-2H3. The van der Waals surface area contributed by atoms with Gasteiger partial charge in [0.1, 0.15) is 24.4 Å². The van der Waals surface area contributed by atoms with Gasteiger partial charge in [0, 0.05) is 21.2 Å². The van der Waals surface area contributed by atoms with Gasteiger partial charge in [0.05, 0.1) is 58.5 Å². The van der Waals surface area contributed by atoms with Crippen LogP contribution in [0.2, 0.25) is 0 Å². The Bertz CT molecular complexity index is 1330. The molecule has 1 aromatic rings. The lowest BCUT2D eigenvalue weighted by Gasteiger charge is -2.36. The Morgan fingerprint density at radius 1 is 0.656 bits per heavy atom. The Kier molecular flexibility index (Phi) is 28.0. The van der Waals surface area contributed by atoms with E-state index in [4.69, 9.17) is 48.9 Å². The number of aliphatic hydroxyl groups is 2. The first kappa shape index (κ1) is 57.9. The topological polar surface area (TPSA) is 198 Å². The lowest BCUT2D eigenvalue weighted by atomic mass is 9.87. The number of ether oxygens (including phenoxy) is 6. The molecule has 374 valence electrons. The molecular formula is C49H92N4O11. The first-order chi connectivity index (χ1) is 30.3. The zero-order chi connectivity index (χ0) is 47.9. The van der Waals surface area contributed by atoms with Crippen molar-refractivity contribution in [1.82, 2.24) is 15.0 Å². The van der Waals surface area contributed by atoms with E-state index in [2.05, 4.69) is 79.4 Å². The third-order valence-corrected chi connectivity index (χ3v) is 13.9. The van der Waals surface area contributed by atoms with Crippen LogP contribution in [0.15, 0.2) is 10.9 Å². The van der Waals surface area contributed by atoms with Gasteiger partial charge in [-0.05, 0) is 117 Å². The molecule has 0 radical (unpaired) electrons. The summed E-state index contributed by atoms with van der Waals surface area (Å²) < 4.78 is 37.6. The van der Waals surface area contributed by atoms with Crippen molar-refractivity contribution in [3.05, 3.63) is 12.2 Å². The fraction of sp³-hybridized carbons (Fsp3) is 0.918. The van der Waals surface area contributed by atoms with Crippen molar-refractivity contribution in [2.24, 2.45) is 64.9 Å². The molecule has 5 saturated heterocycles. The van der Waals surface area contributed by atoms with Crippen LogP contribution in [0.3, 0.4) is 0 Å². The molecule has 4 N–H and O–H groups in total. The smallest absolute Gasteiger partial charge is 0.251 e. The quantitative estimate of drug-likeness (QED) is 0.203. The molecule has 2 amide bonds. The Labute approximate surface area is 386 Å². The van der Waals surface area contributed by atoms with Gasteiger partial charge in [-0.15, -0.1) is 0 Å². The average molecular weight is 913 g/mol. The van der Waals surface area contributed by atoms with Crippen molar-refractivity contribution in [3.8, 4) is 0 Å². The van der Waals surface area contributed by atoms with Crippen LogP contribution in [0.4, 0.5) is 0 Å². The van der Waals surface area contributed by atoms with E-state index >= 15 is 0 Å². The van der Waals surface area contributed by atoms with E-state index < -0.39 is 0 Å². The summed E-state index contributed by atoms with van der Waals surface area (Å²) in [6, 6.07) is 0. The monoisotopic (exact) mass is 913 g/mol. The summed E-state index contributed by atoms with van der Waals surface area (Å²) in [6.07, 6.45) is 10.2. The number of primary amides is 1. The molecule has 0 aliphatic carbocycles.